The number of ether oxygens (including phenoxy) is 2. The first-order valence-electron chi connectivity index (χ1n) is 9.72. The number of hydrogen-bond acceptors (Lipinski definition) is 10. The lowest BCUT2D eigenvalue weighted by atomic mass is 9.98. The number of hydrogen-bond donors (Lipinski definition) is 2. The maximum atomic E-state index is 12.7. The van der Waals surface area contributed by atoms with E-state index in [4.69, 9.17) is 15.2 Å². The fraction of sp³-hybridized carbons (Fsp3) is 0.450. The molecule has 10 nitrogen and oxygen atoms in total. The van der Waals surface area contributed by atoms with Gasteiger partial charge in [0.2, 0.25) is 6.79 Å². The molecular weight excluding hydrogens is 456 g/mol. The van der Waals surface area contributed by atoms with Crippen LogP contribution in [0.3, 0.4) is 0 Å². The number of nitrogens with two attached hydrogens (primary N) is 1. The molecule has 1 saturated heterocycles. The molecule has 2 aliphatic rings. The molecule has 0 aliphatic carbocycles. The highest BCUT2D eigenvalue weighted by molar-refractivity contribution is 8.00. The summed E-state index contributed by atoms with van der Waals surface area (Å²) in [6.07, 6.45) is 3.17. The average molecular weight is 481 g/mol. The molecule has 3 N–H and O–H groups in total. The Morgan fingerprint density at radius 1 is 1.34 bits per heavy atom. The third-order valence-electron chi connectivity index (χ3n) is 4.67. The van der Waals surface area contributed by atoms with Crippen LogP contribution in [0.4, 0.5) is 5.13 Å². The van der Waals surface area contributed by atoms with Crippen LogP contribution in [-0.4, -0.2) is 57.6 Å². The summed E-state index contributed by atoms with van der Waals surface area (Å²) in [5, 5.41) is 4.26. The van der Waals surface area contributed by atoms with Gasteiger partial charge in [-0.3, -0.25) is 19.3 Å². The molecule has 2 amide bonds. The number of amides is 2. The zero-order valence-electron chi connectivity index (χ0n) is 18.0. The van der Waals surface area contributed by atoms with Crippen molar-refractivity contribution in [1.82, 2.24) is 15.2 Å². The number of nitrogen functional groups attached to an aromatic ring is 1. The molecule has 3 rings (SSSR count). The maximum absolute atomic E-state index is 12.7. The van der Waals surface area contributed by atoms with Crippen molar-refractivity contribution in [1.29, 1.82) is 0 Å². The van der Waals surface area contributed by atoms with Crippen molar-refractivity contribution in [2.45, 2.75) is 39.1 Å². The standard InChI is InChI=1S/C20H24N4O6S2/c1-5-10(11-8-32-19(21)22-11)14(25)23-13-15(26)24-12(6-7-31-16(13)24)17(27)29-9-30-18(28)20(2,3)4/h5-6,8,13,16H,7,9H2,1-4H3,(H2,21,22)(H,23,25)/t13-,16+/m1/s1. The minimum atomic E-state index is -0.798. The van der Waals surface area contributed by atoms with Crippen LogP contribution < -0.4 is 11.1 Å². The highest BCUT2D eigenvalue weighted by Gasteiger charge is 2.53. The number of fused-ring (bicyclic) bond motifs is 1. The Balaban J connectivity index is 1.60. The Hall–Kier alpha value is -2.86. The summed E-state index contributed by atoms with van der Waals surface area (Å²) in [7, 11) is 0. The SMILES string of the molecule is CC=C(C(=O)N[C@@H]1C(=O)N2C(C(=O)OCOC(=O)C(C)(C)C)=CCS[C@@H]12)c1csc(N)n1. The van der Waals surface area contributed by atoms with Gasteiger partial charge in [-0.1, -0.05) is 6.08 Å². The van der Waals surface area contributed by atoms with Gasteiger partial charge < -0.3 is 20.5 Å². The van der Waals surface area contributed by atoms with E-state index < -0.39 is 47.4 Å². The average Bonchev–Trinajstić information content (AvgIpc) is 3.16. The predicted molar refractivity (Wildman–Crippen MR) is 120 cm³/mol. The van der Waals surface area contributed by atoms with Crippen molar-refractivity contribution >= 4 is 57.6 Å². The molecule has 0 bridgehead atoms. The van der Waals surface area contributed by atoms with Gasteiger partial charge in [0, 0.05) is 11.1 Å². The van der Waals surface area contributed by atoms with Gasteiger partial charge in [0.25, 0.3) is 11.8 Å². The molecular formula is C20H24N4O6S2. The molecule has 0 aromatic carbocycles. The lowest BCUT2D eigenvalue weighted by molar-refractivity contribution is -0.173. The lowest BCUT2D eigenvalue weighted by Gasteiger charge is -2.48. The van der Waals surface area contributed by atoms with Gasteiger partial charge in [-0.25, -0.2) is 9.78 Å². The fourth-order valence-corrected chi connectivity index (χ4v) is 4.74. The van der Waals surface area contributed by atoms with Gasteiger partial charge in [-0.2, -0.15) is 0 Å². The van der Waals surface area contributed by atoms with Crippen LogP contribution in [0.2, 0.25) is 0 Å². The zero-order valence-corrected chi connectivity index (χ0v) is 19.7. The Morgan fingerprint density at radius 3 is 2.66 bits per heavy atom. The number of esters is 2. The van der Waals surface area contributed by atoms with Gasteiger partial charge >= 0.3 is 11.9 Å². The van der Waals surface area contributed by atoms with E-state index in [1.165, 1.54) is 28.0 Å². The summed E-state index contributed by atoms with van der Waals surface area (Å²) in [5.41, 5.74) is 5.72. The Kier molecular flexibility index (Phi) is 6.94. The van der Waals surface area contributed by atoms with Crippen LogP contribution in [0.1, 0.15) is 33.4 Å². The van der Waals surface area contributed by atoms with Crippen LogP contribution >= 0.6 is 23.1 Å². The minimum absolute atomic E-state index is 0.0644. The first-order chi connectivity index (χ1) is 15.0. The molecule has 1 fully saturated rings. The monoisotopic (exact) mass is 480 g/mol. The molecule has 0 unspecified atom stereocenters. The summed E-state index contributed by atoms with van der Waals surface area (Å²) < 4.78 is 9.95. The van der Waals surface area contributed by atoms with Gasteiger partial charge in [-0.15, -0.1) is 23.1 Å². The molecule has 3 heterocycles. The highest BCUT2D eigenvalue weighted by Crippen LogP contribution is 2.38. The summed E-state index contributed by atoms with van der Waals surface area (Å²) >= 11 is 2.62. The normalized spacial score (nSPS) is 20.6. The van der Waals surface area contributed by atoms with Crippen LogP contribution in [-0.2, 0) is 28.7 Å². The molecule has 0 saturated carbocycles. The van der Waals surface area contributed by atoms with Gasteiger partial charge in [0.15, 0.2) is 5.13 Å². The van der Waals surface area contributed by atoms with Crippen LogP contribution in [0.15, 0.2) is 23.2 Å². The molecule has 2 atom stereocenters. The largest absolute Gasteiger partial charge is 0.427 e. The third-order valence-corrected chi connectivity index (χ3v) is 6.52. The molecule has 0 spiro atoms. The van der Waals surface area contributed by atoms with Crippen LogP contribution in [0.25, 0.3) is 5.57 Å². The number of rotatable bonds is 6. The second-order valence-corrected chi connectivity index (χ2v) is 10.0. The van der Waals surface area contributed by atoms with E-state index in [1.54, 1.807) is 45.2 Å². The molecule has 1 aromatic heterocycles. The van der Waals surface area contributed by atoms with Gasteiger partial charge in [0.05, 0.1) is 16.7 Å². The zero-order chi connectivity index (χ0) is 23.6. The van der Waals surface area contributed by atoms with Crippen molar-refractivity contribution in [3.8, 4) is 0 Å². The number of nitrogens with one attached hydrogen (secondary N) is 1. The number of thioether (sulfide) groups is 1. The Labute approximate surface area is 193 Å². The second kappa shape index (κ2) is 9.33. The van der Waals surface area contributed by atoms with E-state index in [0.29, 0.717) is 22.2 Å². The molecule has 32 heavy (non-hydrogen) atoms. The molecule has 1 aromatic rings. The highest BCUT2D eigenvalue weighted by atomic mass is 32.2. The minimum Gasteiger partial charge on any atom is -0.427 e. The predicted octanol–water partition coefficient (Wildman–Crippen LogP) is 1.50. The summed E-state index contributed by atoms with van der Waals surface area (Å²) in [6, 6.07) is -0.798. The van der Waals surface area contributed by atoms with E-state index in [1.807, 2.05) is 0 Å². The number of allylic oxidation sites excluding steroid dienone is 1. The Morgan fingerprint density at radius 2 is 2.06 bits per heavy atom. The van der Waals surface area contributed by atoms with E-state index >= 15 is 0 Å². The first kappa shape index (κ1) is 23.8. The number of anilines is 1. The van der Waals surface area contributed by atoms with Crippen molar-refractivity contribution in [3.05, 3.63) is 28.9 Å². The van der Waals surface area contributed by atoms with E-state index in [9.17, 15) is 19.2 Å². The summed E-state index contributed by atoms with van der Waals surface area (Å²) in [6.45, 7) is 6.18. The summed E-state index contributed by atoms with van der Waals surface area (Å²) in [4.78, 5) is 55.0. The van der Waals surface area contributed by atoms with Crippen molar-refractivity contribution < 1.29 is 28.7 Å². The second-order valence-electron chi connectivity index (χ2n) is 7.98. The lowest BCUT2D eigenvalue weighted by Crippen LogP contribution is -2.70. The van der Waals surface area contributed by atoms with Crippen LogP contribution in [0.5, 0.6) is 0 Å². The van der Waals surface area contributed by atoms with Crippen molar-refractivity contribution in [3.63, 3.8) is 0 Å². The maximum Gasteiger partial charge on any atom is 0.357 e. The number of thiazole rings is 1. The topological polar surface area (TPSA) is 141 Å². The van der Waals surface area contributed by atoms with Crippen molar-refractivity contribution in [2.75, 3.05) is 18.3 Å². The Bertz CT molecular complexity index is 1010. The molecule has 2 aliphatic heterocycles. The number of nitrogens with zero attached hydrogens (tertiary/aromatic N) is 2. The van der Waals surface area contributed by atoms with E-state index in [0.717, 1.165) is 0 Å². The molecule has 172 valence electrons. The quantitative estimate of drug-likeness (QED) is 0.268. The number of β-lactam (4-membered cyclic amide) rings is 1. The number of aromatic nitrogens is 1. The van der Waals surface area contributed by atoms with Crippen LogP contribution in [0, 0.1) is 5.41 Å². The molecule has 0 radical (unpaired) electrons. The fourth-order valence-electron chi connectivity index (χ4n) is 2.98. The summed E-state index contributed by atoms with van der Waals surface area (Å²) in [5.74, 6) is -1.72. The van der Waals surface area contributed by atoms with E-state index in [-0.39, 0.29) is 5.70 Å². The smallest absolute Gasteiger partial charge is 0.357 e. The van der Waals surface area contributed by atoms with E-state index in [2.05, 4.69) is 10.3 Å². The van der Waals surface area contributed by atoms with Crippen molar-refractivity contribution in [2.24, 2.45) is 5.41 Å². The van der Waals surface area contributed by atoms with Gasteiger partial charge in [0.1, 0.15) is 17.1 Å². The number of carbonyl (C=O) groups is 4. The van der Waals surface area contributed by atoms with Gasteiger partial charge in [-0.05, 0) is 33.8 Å². The molecule has 12 heteroatoms. The first-order valence-corrected chi connectivity index (χ1v) is 11.6. The third kappa shape index (κ3) is 4.80. The number of carbonyl (C=O) groups excluding carboxylic acids is 4.